The Kier molecular flexibility index (Phi) is 4.12. The zero-order chi connectivity index (χ0) is 20.1. The van der Waals surface area contributed by atoms with Crippen molar-refractivity contribution in [3.63, 3.8) is 0 Å². The standard InChI is InChI=1S/C22H21N3O4/c1-12-19-15(9-18(14-7-8-14)23-20(19)29-24-12)21(26)25-10-16(17(11-25)22(27)28)13-5-3-2-4-6-13/h2-6,9,14,16-17H,7-8,10-11H2,1H3,(H,27,28). The molecule has 148 valence electrons. The first kappa shape index (κ1) is 17.8. The molecule has 1 aliphatic heterocycles. The number of hydrogen-bond donors (Lipinski definition) is 1. The molecule has 1 aliphatic carbocycles. The SMILES string of the molecule is Cc1noc2nc(C3CC3)cc(C(=O)N3CC(C(=O)O)C(c4ccccc4)C3)c12. The summed E-state index contributed by atoms with van der Waals surface area (Å²) in [7, 11) is 0. The van der Waals surface area contributed by atoms with Crippen molar-refractivity contribution in [2.45, 2.75) is 31.6 Å². The number of nitrogens with zero attached hydrogens (tertiary/aromatic N) is 3. The van der Waals surface area contributed by atoms with Crippen molar-refractivity contribution in [1.29, 1.82) is 0 Å². The van der Waals surface area contributed by atoms with E-state index in [0.717, 1.165) is 24.1 Å². The smallest absolute Gasteiger partial charge is 0.308 e. The largest absolute Gasteiger partial charge is 0.481 e. The van der Waals surface area contributed by atoms with Gasteiger partial charge in [-0.2, -0.15) is 0 Å². The van der Waals surface area contributed by atoms with Gasteiger partial charge in [-0.3, -0.25) is 9.59 Å². The summed E-state index contributed by atoms with van der Waals surface area (Å²) in [4.78, 5) is 31.6. The highest BCUT2D eigenvalue weighted by molar-refractivity contribution is 6.06. The molecular weight excluding hydrogens is 370 g/mol. The van der Waals surface area contributed by atoms with Gasteiger partial charge in [0.05, 0.1) is 22.6 Å². The minimum Gasteiger partial charge on any atom is -0.481 e. The van der Waals surface area contributed by atoms with E-state index in [4.69, 9.17) is 4.52 Å². The number of rotatable bonds is 4. The molecule has 0 radical (unpaired) electrons. The Hall–Kier alpha value is -3.22. The van der Waals surface area contributed by atoms with E-state index in [0.29, 0.717) is 34.8 Å². The molecule has 0 spiro atoms. The molecule has 7 heteroatoms. The molecular formula is C22H21N3O4. The highest BCUT2D eigenvalue weighted by Gasteiger charge is 2.41. The summed E-state index contributed by atoms with van der Waals surface area (Å²) in [6, 6.07) is 11.4. The van der Waals surface area contributed by atoms with Gasteiger partial charge in [0.15, 0.2) is 0 Å². The van der Waals surface area contributed by atoms with Crippen LogP contribution in [0.5, 0.6) is 0 Å². The second-order valence-corrected chi connectivity index (χ2v) is 7.99. The monoisotopic (exact) mass is 391 g/mol. The highest BCUT2D eigenvalue weighted by Crippen LogP contribution is 2.41. The summed E-state index contributed by atoms with van der Waals surface area (Å²) in [5.74, 6) is -1.57. The molecule has 1 saturated heterocycles. The van der Waals surface area contributed by atoms with Crippen LogP contribution in [0.25, 0.3) is 11.1 Å². The molecule has 5 rings (SSSR count). The third kappa shape index (κ3) is 3.06. The first-order valence-electron chi connectivity index (χ1n) is 9.87. The van der Waals surface area contributed by atoms with Crippen LogP contribution in [0.15, 0.2) is 40.9 Å². The van der Waals surface area contributed by atoms with E-state index >= 15 is 0 Å². The maximum absolute atomic E-state index is 13.5. The molecule has 2 unspecified atom stereocenters. The number of fused-ring (bicyclic) bond motifs is 1. The fourth-order valence-corrected chi connectivity index (χ4v) is 4.30. The van der Waals surface area contributed by atoms with Crippen LogP contribution in [-0.2, 0) is 4.79 Å². The molecule has 1 aromatic carbocycles. The fourth-order valence-electron chi connectivity index (χ4n) is 4.30. The van der Waals surface area contributed by atoms with Crippen molar-refractivity contribution < 1.29 is 19.2 Å². The number of aliphatic carboxylic acids is 1. The number of hydrogen-bond acceptors (Lipinski definition) is 5. The summed E-state index contributed by atoms with van der Waals surface area (Å²) in [6.07, 6.45) is 2.11. The molecule has 0 bridgehead atoms. The summed E-state index contributed by atoms with van der Waals surface area (Å²) in [5.41, 5.74) is 3.30. The number of aryl methyl sites for hydroxylation is 1. The van der Waals surface area contributed by atoms with Crippen molar-refractivity contribution in [2.24, 2.45) is 5.92 Å². The Morgan fingerprint density at radius 2 is 1.93 bits per heavy atom. The third-order valence-electron chi connectivity index (χ3n) is 6.01. The highest BCUT2D eigenvalue weighted by atomic mass is 16.5. The second kappa shape index (κ2) is 6.69. The predicted molar refractivity (Wildman–Crippen MR) is 105 cm³/mol. The van der Waals surface area contributed by atoms with E-state index in [1.54, 1.807) is 11.8 Å². The average molecular weight is 391 g/mol. The van der Waals surface area contributed by atoms with Gasteiger partial charge in [0.1, 0.15) is 0 Å². The molecule has 1 amide bonds. The lowest BCUT2D eigenvalue weighted by molar-refractivity contribution is -0.141. The van der Waals surface area contributed by atoms with Gasteiger partial charge in [-0.1, -0.05) is 35.5 Å². The van der Waals surface area contributed by atoms with Crippen LogP contribution in [-0.4, -0.2) is 45.1 Å². The van der Waals surface area contributed by atoms with Crippen LogP contribution >= 0.6 is 0 Å². The van der Waals surface area contributed by atoms with Gasteiger partial charge in [0.2, 0.25) is 0 Å². The van der Waals surface area contributed by atoms with Crippen molar-refractivity contribution in [3.05, 3.63) is 58.9 Å². The van der Waals surface area contributed by atoms with Crippen LogP contribution in [0.2, 0.25) is 0 Å². The Bertz CT molecular complexity index is 1100. The van der Waals surface area contributed by atoms with E-state index < -0.39 is 11.9 Å². The minimum absolute atomic E-state index is 0.181. The predicted octanol–water partition coefficient (Wildman–Crippen LogP) is 3.35. The van der Waals surface area contributed by atoms with Crippen molar-refractivity contribution in [2.75, 3.05) is 13.1 Å². The van der Waals surface area contributed by atoms with E-state index in [2.05, 4.69) is 10.1 Å². The first-order valence-corrected chi connectivity index (χ1v) is 9.87. The third-order valence-corrected chi connectivity index (χ3v) is 6.01. The van der Waals surface area contributed by atoms with Crippen LogP contribution in [0, 0.1) is 12.8 Å². The summed E-state index contributed by atoms with van der Waals surface area (Å²) < 4.78 is 5.34. The quantitative estimate of drug-likeness (QED) is 0.733. The van der Waals surface area contributed by atoms with Gasteiger partial charge in [-0.25, -0.2) is 4.98 Å². The van der Waals surface area contributed by atoms with E-state index in [1.165, 1.54) is 0 Å². The zero-order valence-corrected chi connectivity index (χ0v) is 16.0. The van der Waals surface area contributed by atoms with Crippen molar-refractivity contribution >= 4 is 23.0 Å². The summed E-state index contributed by atoms with van der Waals surface area (Å²) in [6.45, 7) is 2.34. The first-order chi connectivity index (χ1) is 14.0. The lowest BCUT2D eigenvalue weighted by Gasteiger charge is -2.17. The van der Waals surface area contributed by atoms with Gasteiger partial charge in [0.25, 0.3) is 11.6 Å². The van der Waals surface area contributed by atoms with E-state index in [9.17, 15) is 14.7 Å². The molecule has 29 heavy (non-hydrogen) atoms. The van der Waals surface area contributed by atoms with Crippen molar-refractivity contribution in [1.82, 2.24) is 15.0 Å². The van der Waals surface area contributed by atoms with Crippen LogP contribution < -0.4 is 0 Å². The van der Waals surface area contributed by atoms with Gasteiger partial charge in [-0.15, -0.1) is 0 Å². The molecule has 2 aliphatic rings. The Morgan fingerprint density at radius 3 is 2.62 bits per heavy atom. The Balaban J connectivity index is 1.52. The lowest BCUT2D eigenvalue weighted by Crippen LogP contribution is -2.30. The number of aromatic nitrogens is 2. The maximum Gasteiger partial charge on any atom is 0.308 e. The molecule has 2 atom stereocenters. The molecule has 7 nitrogen and oxygen atoms in total. The number of carbonyl (C=O) groups excluding carboxylic acids is 1. The van der Waals surface area contributed by atoms with E-state index in [-0.39, 0.29) is 18.4 Å². The van der Waals surface area contributed by atoms with E-state index in [1.807, 2.05) is 36.4 Å². The van der Waals surface area contributed by atoms with Gasteiger partial charge in [-0.05, 0) is 31.4 Å². The average Bonchev–Trinajstić information content (AvgIpc) is 3.38. The van der Waals surface area contributed by atoms with Crippen LogP contribution in [0.1, 0.15) is 52.0 Å². The maximum atomic E-state index is 13.5. The lowest BCUT2D eigenvalue weighted by atomic mass is 9.89. The van der Waals surface area contributed by atoms with Gasteiger partial charge in [0, 0.05) is 30.6 Å². The topological polar surface area (TPSA) is 96.5 Å². The fraction of sp³-hybridized carbons (Fsp3) is 0.364. The molecule has 3 aromatic rings. The Morgan fingerprint density at radius 1 is 1.17 bits per heavy atom. The molecule has 2 fully saturated rings. The zero-order valence-electron chi connectivity index (χ0n) is 16.0. The number of pyridine rings is 1. The number of amides is 1. The normalized spacial score (nSPS) is 21.6. The van der Waals surface area contributed by atoms with Crippen LogP contribution in [0.3, 0.4) is 0 Å². The molecule has 2 aromatic heterocycles. The number of carboxylic acid groups (broad SMARTS) is 1. The van der Waals surface area contributed by atoms with Crippen LogP contribution in [0.4, 0.5) is 0 Å². The van der Waals surface area contributed by atoms with Gasteiger partial charge >= 0.3 is 5.97 Å². The molecule has 1 N–H and O–H groups in total. The van der Waals surface area contributed by atoms with Crippen molar-refractivity contribution in [3.8, 4) is 0 Å². The number of carboxylic acids is 1. The summed E-state index contributed by atoms with van der Waals surface area (Å²) in [5, 5.41) is 14.4. The second-order valence-electron chi connectivity index (χ2n) is 7.99. The number of benzene rings is 1. The molecule has 3 heterocycles. The number of likely N-dealkylation sites (tertiary alicyclic amines) is 1. The molecule has 1 saturated carbocycles. The number of carbonyl (C=O) groups is 2. The van der Waals surface area contributed by atoms with Gasteiger partial charge < -0.3 is 14.5 Å². The minimum atomic E-state index is -0.881. The Labute approximate surface area is 167 Å². The summed E-state index contributed by atoms with van der Waals surface area (Å²) >= 11 is 0.